The van der Waals surface area contributed by atoms with Crippen molar-refractivity contribution in [3.8, 4) is 11.1 Å². The summed E-state index contributed by atoms with van der Waals surface area (Å²) in [6, 6.07) is 5.54. The fraction of sp³-hybridized carbons (Fsp3) is 0.294. The summed E-state index contributed by atoms with van der Waals surface area (Å²) in [6.45, 7) is 0.652. The number of hydrogen-bond donors (Lipinski definition) is 1. The number of nitrogens with one attached hydrogen (secondary N) is 1. The van der Waals surface area contributed by atoms with Crippen LogP contribution < -0.4 is 0 Å². The van der Waals surface area contributed by atoms with Crippen LogP contribution in [0.4, 0.5) is 4.39 Å². The topological polar surface area (TPSA) is 56.4 Å². The number of hydrogen-bond acceptors (Lipinski definition) is 2. The van der Waals surface area contributed by atoms with Crippen molar-refractivity contribution in [2.24, 2.45) is 0 Å². The Balaban J connectivity index is 1.88. The van der Waals surface area contributed by atoms with Crippen LogP contribution in [-0.2, 0) is 4.79 Å². The number of carbonyl (C=O) groups is 2. The SMILES string of the molecule is CN1CC[C@@H](N(C)C(=O)c2c[nH]cc2-c2ccc(F)cc2)C1=O. The monoisotopic (exact) mass is 315 g/mol. The standard InChI is InChI=1S/C17H18FN3O2/c1-20-8-7-15(17(20)23)21(2)16(22)14-10-19-9-13(14)11-3-5-12(18)6-4-11/h3-6,9-10,15,19H,7-8H2,1-2H3/t15-/m1/s1. The van der Waals surface area contributed by atoms with Gasteiger partial charge in [0.1, 0.15) is 11.9 Å². The molecule has 0 aliphatic carbocycles. The molecule has 1 saturated heterocycles. The lowest BCUT2D eigenvalue weighted by Gasteiger charge is -2.23. The van der Waals surface area contributed by atoms with Crippen LogP contribution in [-0.4, -0.2) is 53.3 Å². The van der Waals surface area contributed by atoms with E-state index in [1.54, 1.807) is 43.5 Å². The fourth-order valence-corrected chi connectivity index (χ4v) is 2.90. The maximum Gasteiger partial charge on any atom is 0.256 e. The van der Waals surface area contributed by atoms with E-state index in [4.69, 9.17) is 0 Å². The molecule has 1 N–H and O–H groups in total. The highest BCUT2D eigenvalue weighted by atomic mass is 19.1. The second-order valence-corrected chi connectivity index (χ2v) is 5.77. The lowest BCUT2D eigenvalue weighted by atomic mass is 10.0. The molecule has 5 nitrogen and oxygen atoms in total. The number of likely N-dealkylation sites (tertiary alicyclic amines) is 1. The van der Waals surface area contributed by atoms with Crippen LogP contribution in [0.3, 0.4) is 0 Å². The lowest BCUT2D eigenvalue weighted by molar-refractivity contribution is -0.130. The second-order valence-electron chi connectivity index (χ2n) is 5.77. The van der Waals surface area contributed by atoms with E-state index in [1.165, 1.54) is 17.0 Å². The summed E-state index contributed by atoms with van der Waals surface area (Å²) >= 11 is 0. The average molecular weight is 315 g/mol. The number of H-pyrrole nitrogens is 1. The highest BCUT2D eigenvalue weighted by molar-refractivity contribution is 6.02. The first kappa shape index (κ1) is 15.3. The van der Waals surface area contributed by atoms with Gasteiger partial charge in [0.25, 0.3) is 5.91 Å². The Morgan fingerprint density at radius 1 is 1.30 bits per heavy atom. The number of halogens is 1. The van der Waals surface area contributed by atoms with Crippen molar-refractivity contribution in [3.05, 3.63) is 48.0 Å². The molecular formula is C17H18FN3O2. The van der Waals surface area contributed by atoms with Crippen LogP contribution in [0, 0.1) is 5.82 Å². The van der Waals surface area contributed by atoms with Gasteiger partial charge < -0.3 is 14.8 Å². The highest BCUT2D eigenvalue weighted by Gasteiger charge is 2.35. The molecule has 1 aromatic heterocycles. The summed E-state index contributed by atoms with van der Waals surface area (Å²) in [5, 5.41) is 0. The third kappa shape index (κ3) is 2.72. The smallest absolute Gasteiger partial charge is 0.256 e. The molecule has 0 spiro atoms. The maximum atomic E-state index is 13.1. The molecule has 6 heteroatoms. The Morgan fingerprint density at radius 2 is 2.00 bits per heavy atom. The first-order valence-corrected chi connectivity index (χ1v) is 7.44. The van der Waals surface area contributed by atoms with Crippen molar-refractivity contribution < 1.29 is 14.0 Å². The number of aromatic amines is 1. The Bertz CT molecular complexity index is 739. The minimum absolute atomic E-state index is 0.0419. The van der Waals surface area contributed by atoms with Gasteiger partial charge in [-0.1, -0.05) is 12.1 Å². The summed E-state index contributed by atoms with van der Waals surface area (Å²) in [7, 11) is 3.38. The zero-order chi connectivity index (χ0) is 16.6. The quantitative estimate of drug-likeness (QED) is 0.943. The molecule has 120 valence electrons. The summed E-state index contributed by atoms with van der Waals surface area (Å²) in [4.78, 5) is 30.9. The van der Waals surface area contributed by atoms with Gasteiger partial charge in [0, 0.05) is 38.6 Å². The number of aromatic nitrogens is 1. The van der Waals surface area contributed by atoms with Crippen molar-refractivity contribution in [1.82, 2.24) is 14.8 Å². The largest absolute Gasteiger partial charge is 0.366 e. The van der Waals surface area contributed by atoms with E-state index in [-0.39, 0.29) is 17.6 Å². The number of amides is 2. The van der Waals surface area contributed by atoms with E-state index in [2.05, 4.69) is 4.98 Å². The van der Waals surface area contributed by atoms with E-state index in [9.17, 15) is 14.0 Å². The van der Waals surface area contributed by atoms with Gasteiger partial charge in [0.05, 0.1) is 5.56 Å². The van der Waals surface area contributed by atoms with Gasteiger partial charge in [-0.25, -0.2) is 4.39 Å². The number of nitrogens with zero attached hydrogens (tertiary/aromatic N) is 2. The number of carbonyl (C=O) groups excluding carboxylic acids is 2. The highest BCUT2D eigenvalue weighted by Crippen LogP contribution is 2.26. The van der Waals surface area contributed by atoms with Gasteiger partial charge in [0.2, 0.25) is 5.91 Å². The van der Waals surface area contributed by atoms with Crippen molar-refractivity contribution >= 4 is 11.8 Å². The van der Waals surface area contributed by atoms with Crippen molar-refractivity contribution in [3.63, 3.8) is 0 Å². The van der Waals surface area contributed by atoms with Gasteiger partial charge in [-0.2, -0.15) is 0 Å². The molecule has 1 fully saturated rings. The lowest BCUT2D eigenvalue weighted by Crippen LogP contribution is -2.42. The summed E-state index contributed by atoms with van der Waals surface area (Å²) in [6.07, 6.45) is 3.95. The zero-order valence-corrected chi connectivity index (χ0v) is 13.0. The molecule has 1 aliphatic heterocycles. The van der Waals surface area contributed by atoms with Crippen LogP contribution in [0.1, 0.15) is 16.8 Å². The molecule has 1 aliphatic rings. The first-order valence-electron chi connectivity index (χ1n) is 7.44. The summed E-state index contributed by atoms with van der Waals surface area (Å²) < 4.78 is 13.1. The predicted molar refractivity (Wildman–Crippen MR) is 84.3 cm³/mol. The minimum atomic E-state index is -0.427. The minimum Gasteiger partial charge on any atom is -0.366 e. The molecular weight excluding hydrogens is 297 g/mol. The second kappa shape index (κ2) is 5.87. The van der Waals surface area contributed by atoms with E-state index in [0.717, 1.165) is 5.56 Å². The van der Waals surface area contributed by atoms with E-state index in [1.807, 2.05) is 0 Å². The van der Waals surface area contributed by atoms with Crippen molar-refractivity contribution in [2.45, 2.75) is 12.5 Å². The Hall–Kier alpha value is -2.63. The molecule has 1 aromatic carbocycles. The van der Waals surface area contributed by atoms with Crippen LogP contribution >= 0.6 is 0 Å². The van der Waals surface area contributed by atoms with Gasteiger partial charge in [-0.15, -0.1) is 0 Å². The number of rotatable bonds is 3. The van der Waals surface area contributed by atoms with Gasteiger partial charge in [0.15, 0.2) is 0 Å². The van der Waals surface area contributed by atoms with Crippen LogP contribution in [0.25, 0.3) is 11.1 Å². The Labute approximate surface area is 133 Å². The van der Waals surface area contributed by atoms with E-state index >= 15 is 0 Å². The molecule has 0 unspecified atom stereocenters. The molecule has 3 rings (SSSR count). The molecule has 1 atom stereocenters. The average Bonchev–Trinajstić information content (AvgIpc) is 3.15. The van der Waals surface area contributed by atoms with Crippen molar-refractivity contribution in [2.75, 3.05) is 20.6 Å². The first-order chi connectivity index (χ1) is 11.0. The zero-order valence-electron chi connectivity index (χ0n) is 13.0. The third-order valence-electron chi connectivity index (χ3n) is 4.32. The predicted octanol–water partition coefficient (Wildman–Crippen LogP) is 2.12. The van der Waals surface area contributed by atoms with E-state index < -0.39 is 6.04 Å². The fourth-order valence-electron chi connectivity index (χ4n) is 2.90. The molecule has 23 heavy (non-hydrogen) atoms. The number of likely N-dealkylation sites (N-methyl/N-ethyl adjacent to an activating group) is 2. The molecule has 2 amide bonds. The molecule has 0 bridgehead atoms. The molecule has 0 radical (unpaired) electrons. The van der Waals surface area contributed by atoms with Gasteiger partial charge in [-0.05, 0) is 24.1 Å². The summed E-state index contributed by atoms with van der Waals surface area (Å²) in [5.41, 5.74) is 1.92. The Morgan fingerprint density at radius 3 is 2.61 bits per heavy atom. The molecule has 0 saturated carbocycles. The third-order valence-corrected chi connectivity index (χ3v) is 4.32. The molecule has 2 aromatic rings. The number of benzene rings is 1. The van der Waals surface area contributed by atoms with Crippen molar-refractivity contribution in [1.29, 1.82) is 0 Å². The van der Waals surface area contributed by atoms with Gasteiger partial charge >= 0.3 is 0 Å². The van der Waals surface area contributed by atoms with Gasteiger partial charge in [-0.3, -0.25) is 9.59 Å². The van der Waals surface area contributed by atoms with Crippen LogP contribution in [0.15, 0.2) is 36.7 Å². The van der Waals surface area contributed by atoms with E-state index in [0.29, 0.717) is 24.1 Å². The van der Waals surface area contributed by atoms with Crippen LogP contribution in [0.5, 0.6) is 0 Å². The Kier molecular flexibility index (Phi) is 3.90. The summed E-state index contributed by atoms with van der Waals surface area (Å²) in [5.74, 6) is -0.590. The van der Waals surface area contributed by atoms with Crippen LogP contribution in [0.2, 0.25) is 0 Å². The maximum absolute atomic E-state index is 13.1. The normalized spacial score (nSPS) is 17.6. The molecule has 2 heterocycles.